The number of aliphatic imine (C=N–C) groups is 1. The Hall–Kier alpha value is -2.99. The van der Waals surface area contributed by atoms with E-state index in [1.165, 1.54) is 0 Å². The monoisotopic (exact) mass is 279 g/mol. The van der Waals surface area contributed by atoms with Crippen molar-refractivity contribution in [2.24, 2.45) is 16.0 Å². The lowest BCUT2D eigenvalue weighted by Crippen LogP contribution is -2.24. The van der Waals surface area contributed by atoms with Gasteiger partial charge < -0.3 is 0 Å². The Balaban J connectivity index is 2.13. The Morgan fingerprint density at radius 3 is 2.57 bits per heavy atom. The summed E-state index contributed by atoms with van der Waals surface area (Å²) in [5.74, 6) is 0.0338. The molecule has 1 N–H and O–H groups in total. The van der Waals surface area contributed by atoms with E-state index < -0.39 is 0 Å². The Bertz CT molecular complexity index is 672. The van der Waals surface area contributed by atoms with Crippen LogP contribution in [0.3, 0.4) is 0 Å². The van der Waals surface area contributed by atoms with Gasteiger partial charge in [0, 0.05) is 18.1 Å². The minimum atomic E-state index is -0.261. The second kappa shape index (κ2) is 6.44. The van der Waals surface area contributed by atoms with Crippen molar-refractivity contribution in [3.8, 4) is 0 Å². The van der Waals surface area contributed by atoms with E-state index in [0.717, 1.165) is 11.3 Å². The van der Waals surface area contributed by atoms with Crippen molar-refractivity contribution in [2.45, 2.75) is 13.3 Å². The summed E-state index contributed by atoms with van der Waals surface area (Å²) in [6.07, 6.45) is 0.530. The topological polar surface area (TPSA) is 62.5 Å². The second-order valence-electron chi connectivity index (χ2n) is 4.67. The molecule has 0 spiro atoms. The number of carbonyl (C=O) groups excluding carboxylic acids is 1. The summed E-state index contributed by atoms with van der Waals surface area (Å²) in [6, 6.07) is 7.38. The Morgan fingerprint density at radius 2 is 2.00 bits per heavy atom. The summed E-state index contributed by atoms with van der Waals surface area (Å²) in [5.41, 5.74) is 5.26. The molecule has 6 nitrogen and oxygen atoms in total. The quantitative estimate of drug-likeness (QED) is 0.400. The van der Waals surface area contributed by atoms with Gasteiger partial charge >= 0.3 is 5.96 Å². The lowest BCUT2D eigenvalue weighted by molar-refractivity contribution is -0.118. The molecule has 1 aromatic carbocycles. The average molecular weight is 279 g/mol. The molecule has 0 radical (unpaired) electrons. The van der Waals surface area contributed by atoms with Crippen LogP contribution < -0.4 is 5.43 Å². The van der Waals surface area contributed by atoms with E-state index in [0.29, 0.717) is 12.1 Å². The predicted octanol–water partition coefficient (Wildman–Crippen LogP) is 2.61. The molecule has 1 aliphatic rings. The number of hydrazone groups is 1. The number of carbonyl (C=O) groups is 1. The van der Waals surface area contributed by atoms with Gasteiger partial charge in [-0.2, -0.15) is 5.43 Å². The molecule has 1 aliphatic heterocycles. The molecule has 0 unspecified atom stereocenters. The molecular weight excluding hydrogens is 266 g/mol. The molecule has 0 aromatic heterocycles. The van der Waals surface area contributed by atoms with Crippen molar-refractivity contribution in [3.05, 3.63) is 52.7 Å². The van der Waals surface area contributed by atoms with Gasteiger partial charge in [0.1, 0.15) is 5.10 Å². The summed E-state index contributed by atoms with van der Waals surface area (Å²) in [5, 5.41) is 3.68. The largest absolute Gasteiger partial charge is 0.657 e. The maximum Gasteiger partial charge on any atom is 0.657 e. The van der Waals surface area contributed by atoms with E-state index in [4.69, 9.17) is 13.1 Å². The third-order valence-corrected chi connectivity index (χ3v) is 3.09. The zero-order valence-electron chi connectivity index (χ0n) is 11.5. The van der Waals surface area contributed by atoms with Gasteiger partial charge in [-0.05, 0) is 30.8 Å². The number of rotatable bonds is 3. The maximum atomic E-state index is 11.3. The van der Waals surface area contributed by atoms with Crippen LogP contribution in [-0.2, 0) is 4.79 Å². The number of hydrogen-bond donors (Lipinski definition) is 1. The Morgan fingerprint density at radius 1 is 1.33 bits per heavy atom. The number of Topliss-reactive ketones (excluding diaryl/α,β-unsaturated/α-hetero) is 1. The first-order valence-corrected chi connectivity index (χ1v) is 6.39. The number of hydrogen-bond acceptors (Lipinski definition) is 4. The number of benzene rings is 1. The molecule has 2 rings (SSSR count). The lowest BCUT2D eigenvalue weighted by Gasteiger charge is -2.18. The van der Waals surface area contributed by atoms with Crippen LogP contribution in [0.15, 0.2) is 34.4 Å². The third kappa shape index (κ3) is 3.52. The highest BCUT2D eigenvalue weighted by atomic mass is 16.1. The highest BCUT2D eigenvalue weighted by molar-refractivity contribution is 6.07. The van der Waals surface area contributed by atoms with Crippen molar-refractivity contribution in [1.29, 1.82) is 0 Å². The molecule has 104 valence electrons. The summed E-state index contributed by atoms with van der Waals surface area (Å²) in [7, 11) is 0. The number of ketones is 1. The highest BCUT2D eigenvalue weighted by Crippen LogP contribution is 2.19. The van der Waals surface area contributed by atoms with Crippen LogP contribution in [0.5, 0.6) is 0 Å². The summed E-state index contributed by atoms with van der Waals surface area (Å²) < 4.78 is 0. The molecule has 0 aliphatic carbocycles. The van der Waals surface area contributed by atoms with E-state index >= 15 is 0 Å². The minimum Gasteiger partial charge on any atom is -0.298 e. The second-order valence-corrected chi connectivity index (χ2v) is 4.67. The fraction of sp³-hybridized carbons (Fsp3) is 0.267. The molecule has 0 saturated heterocycles. The molecule has 1 atom stereocenters. The highest BCUT2D eigenvalue weighted by Gasteiger charge is 2.21. The third-order valence-electron chi connectivity index (χ3n) is 3.09. The van der Waals surface area contributed by atoms with Crippen LogP contribution >= 0.6 is 0 Å². The number of anilines is 1. The summed E-state index contributed by atoms with van der Waals surface area (Å²) in [6.45, 7) is 15.7. The van der Waals surface area contributed by atoms with Crippen LogP contribution in [0.2, 0.25) is 0 Å². The normalized spacial score (nSPS) is 17.2. The van der Waals surface area contributed by atoms with Gasteiger partial charge in [0.2, 0.25) is 0 Å². The van der Waals surface area contributed by atoms with Crippen LogP contribution in [0.4, 0.5) is 5.69 Å². The van der Waals surface area contributed by atoms with Gasteiger partial charge in [0.25, 0.3) is 0 Å². The first-order chi connectivity index (χ1) is 10.1. The summed E-state index contributed by atoms with van der Waals surface area (Å²) >= 11 is 0. The molecular formula is C15H13N5O. The summed E-state index contributed by atoms with van der Waals surface area (Å²) in [4.78, 5) is 21.6. The van der Waals surface area contributed by atoms with E-state index in [1.807, 2.05) is 19.1 Å². The van der Waals surface area contributed by atoms with E-state index in [9.17, 15) is 4.79 Å². The van der Waals surface area contributed by atoms with Crippen LogP contribution in [-0.4, -0.2) is 24.0 Å². The standard InChI is InChI=1S/C15H13N5O/c1-10-8-13(21)9-18-14(10)11-4-6-12(7-5-11)19-20-15(16-2)17-3/h4-7,10,19H,8-9H2,1H3/t10-/m1/s1. The van der Waals surface area contributed by atoms with Crippen molar-refractivity contribution < 1.29 is 4.79 Å². The van der Waals surface area contributed by atoms with Crippen molar-refractivity contribution in [3.63, 3.8) is 0 Å². The maximum absolute atomic E-state index is 11.3. The Labute approximate surface area is 122 Å². The fourth-order valence-electron chi connectivity index (χ4n) is 2.11. The van der Waals surface area contributed by atoms with Gasteiger partial charge in [0.05, 0.1) is 12.2 Å². The van der Waals surface area contributed by atoms with Crippen molar-refractivity contribution in [2.75, 3.05) is 12.0 Å². The molecule has 0 amide bonds. The molecule has 0 saturated carbocycles. The van der Waals surface area contributed by atoms with Crippen LogP contribution in [0.25, 0.3) is 9.69 Å². The van der Waals surface area contributed by atoms with E-state index in [1.54, 1.807) is 12.1 Å². The SMILES string of the molecule is [C-]#[N+]C(=NNc1ccc(C2=NCC(=O)C[C@H]2C)cc1)[N+]#[C-]. The average Bonchev–Trinajstić information content (AvgIpc) is 2.49. The molecule has 0 fully saturated rings. The first-order valence-electron chi connectivity index (χ1n) is 6.39. The van der Waals surface area contributed by atoms with E-state index in [-0.39, 0.29) is 24.2 Å². The first kappa shape index (κ1) is 14.4. The van der Waals surface area contributed by atoms with Gasteiger partial charge in [-0.1, -0.05) is 19.1 Å². The van der Waals surface area contributed by atoms with Gasteiger partial charge in [0.15, 0.2) is 5.78 Å². The Kier molecular flexibility index (Phi) is 4.43. The van der Waals surface area contributed by atoms with Crippen LogP contribution in [0.1, 0.15) is 18.9 Å². The molecule has 1 aromatic rings. The number of nitrogens with one attached hydrogen (secondary N) is 1. The smallest absolute Gasteiger partial charge is 0.298 e. The minimum absolute atomic E-state index is 0.124. The van der Waals surface area contributed by atoms with Gasteiger partial charge in [-0.3, -0.25) is 9.79 Å². The van der Waals surface area contributed by atoms with Crippen LogP contribution in [0, 0.1) is 19.1 Å². The fourth-order valence-corrected chi connectivity index (χ4v) is 2.11. The number of guanidine groups is 1. The molecule has 6 heteroatoms. The molecule has 0 bridgehead atoms. The van der Waals surface area contributed by atoms with Gasteiger partial charge in [-0.15, -0.1) is 0 Å². The van der Waals surface area contributed by atoms with Crippen molar-refractivity contribution in [1.82, 2.24) is 0 Å². The lowest BCUT2D eigenvalue weighted by atomic mass is 9.91. The van der Waals surface area contributed by atoms with Crippen molar-refractivity contribution >= 4 is 23.1 Å². The predicted molar refractivity (Wildman–Crippen MR) is 80.9 cm³/mol. The number of nitrogens with zero attached hydrogens (tertiary/aromatic N) is 4. The van der Waals surface area contributed by atoms with Gasteiger partial charge in [-0.25, -0.2) is 9.69 Å². The zero-order chi connectivity index (χ0) is 15.2. The molecule has 1 heterocycles. The van der Waals surface area contributed by atoms with E-state index in [2.05, 4.69) is 25.2 Å². The zero-order valence-corrected chi connectivity index (χ0v) is 11.5. The molecule has 21 heavy (non-hydrogen) atoms.